The monoisotopic (exact) mass is 433 g/mol. The lowest BCUT2D eigenvalue weighted by Crippen LogP contribution is -2.50. The van der Waals surface area contributed by atoms with Gasteiger partial charge in [-0.1, -0.05) is 13.8 Å². The maximum absolute atomic E-state index is 12.6. The molecule has 1 fully saturated rings. The number of aliphatic imine (C=N–C) groups is 1. The van der Waals surface area contributed by atoms with Gasteiger partial charge in [0.25, 0.3) is 5.91 Å². The van der Waals surface area contributed by atoms with Crippen molar-refractivity contribution in [1.82, 2.24) is 20.9 Å². The highest BCUT2D eigenvalue weighted by atomic mass is 16.3. The number of hydrogen-bond donors (Lipinski definition) is 3. The van der Waals surface area contributed by atoms with Crippen molar-refractivity contribution in [2.45, 2.75) is 65.8 Å². The summed E-state index contributed by atoms with van der Waals surface area (Å²) < 4.78 is 5.20. The number of aryl methyl sites for hydroxylation is 1. The molecule has 0 bridgehead atoms. The van der Waals surface area contributed by atoms with Crippen LogP contribution in [0.2, 0.25) is 0 Å². The number of nitrogens with one attached hydrogen (secondary N) is 3. The molecule has 1 aromatic rings. The smallest absolute Gasteiger partial charge is 0.287 e. The number of hydrogen-bond acceptors (Lipinski definition) is 4. The molecule has 8 nitrogen and oxygen atoms in total. The normalized spacial score (nSPS) is 15.3. The number of carbonyl (C=O) groups excluding carboxylic acids is 2. The predicted octanol–water partition coefficient (Wildman–Crippen LogP) is 2.69. The Labute approximate surface area is 186 Å². The Hall–Kier alpha value is -2.51. The number of piperidine rings is 1. The minimum absolute atomic E-state index is 0.153. The van der Waals surface area contributed by atoms with Crippen LogP contribution in [0.3, 0.4) is 0 Å². The van der Waals surface area contributed by atoms with E-state index in [1.807, 2.05) is 18.7 Å². The van der Waals surface area contributed by atoms with Crippen LogP contribution in [-0.4, -0.2) is 61.4 Å². The van der Waals surface area contributed by atoms with Crippen molar-refractivity contribution in [2.75, 3.05) is 32.7 Å². The first-order valence-electron chi connectivity index (χ1n) is 11.7. The summed E-state index contributed by atoms with van der Waals surface area (Å²) in [6.45, 7) is 11.6. The van der Waals surface area contributed by atoms with Crippen molar-refractivity contribution in [2.24, 2.45) is 10.9 Å². The predicted molar refractivity (Wildman–Crippen MR) is 123 cm³/mol. The molecular formula is C23H39N5O3. The Morgan fingerprint density at radius 3 is 2.48 bits per heavy atom. The Bertz CT molecular complexity index is 719. The van der Waals surface area contributed by atoms with Gasteiger partial charge in [0, 0.05) is 50.2 Å². The van der Waals surface area contributed by atoms with Crippen molar-refractivity contribution < 1.29 is 14.0 Å². The summed E-state index contributed by atoms with van der Waals surface area (Å²) in [5.74, 6) is 1.43. The summed E-state index contributed by atoms with van der Waals surface area (Å²) in [6, 6.07) is 2.09. The minimum atomic E-state index is -0.189. The van der Waals surface area contributed by atoms with Gasteiger partial charge in [-0.15, -0.1) is 0 Å². The lowest BCUT2D eigenvalue weighted by atomic mass is 9.98. The molecule has 31 heavy (non-hydrogen) atoms. The third kappa shape index (κ3) is 7.60. The number of carbonyl (C=O) groups is 2. The lowest BCUT2D eigenvalue weighted by molar-refractivity contribution is -0.136. The van der Waals surface area contributed by atoms with Gasteiger partial charge in [-0.3, -0.25) is 14.6 Å². The average molecular weight is 434 g/mol. The van der Waals surface area contributed by atoms with Gasteiger partial charge < -0.3 is 25.3 Å². The first-order valence-corrected chi connectivity index (χ1v) is 11.7. The molecule has 1 aromatic heterocycles. The minimum Gasteiger partial charge on any atom is -0.459 e. The molecule has 1 aliphatic heterocycles. The number of nitrogens with zero attached hydrogens (tertiary/aromatic N) is 2. The van der Waals surface area contributed by atoms with E-state index in [2.05, 4.69) is 34.8 Å². The fourth-order valence-corrected chi connectivity index (χ4v) is 3.81. The van der Waals surface area contributed by atoms with Gasteiger partial charge in [-0.05, 0) is 52.0 Å². The zero-order valence-corrected chi connectivity index (χ0v) is 19.5. The molecule has 0 atom stereocenters. The molecular weight excluding hydrogens is 394 g/mol. The van der Waals surface area contributed by atoms with Crippen LogP contribution in [0.1, 0.15) is 69.0 Å². The van der Waals surface area contributed by atoms with Crippen LogP contribution in [0.5, 0.6) is 0 Å². The average Bonchev–Trinajstić information content (AvgIpc) is 3.20. The van der Waals surface area contributed by atoms with E-state index in [4.69, 9.17) is 4.42 Å². The van der Waals surface area contributed by atoms with Crippen LogP contribution in [0.25, 0.3) is 0 Å². The molecule has 1 saturated heterocycles. The summed E-state index contributed by atoms with van der Waals surface area (Å²) in [5.41, 5.74) is 0.835. The molecule has 2 amide bonds. The quantitative estimate of drug-likeness (QED) is 0.299. The second-order valence-corrected chi connectivity index (χ2v) is 8.06. The zero-order chi connectivity index (χ0) is 22.6. The largest absolute Gasteiger partial charge is 0.459 e. The highest BCUT2D eigenvalue weighted by Gasteiger charge is 2.26. The Morgan fingerprint density at radius 1 is 1.19 bits per heavy atom. The summed E-state index contributed by atoms with van der Waals surface area (Å²) in [7, 11) is 0. The number of guanidine groups is 1. The molecule has 0 aliphatic carbocycles. The Morgan fingerprint density at radius 2 is 1.90 bits per heavy atom. The molecule has 3 N–H and O–H groups in total. The van der Waals surface area contributed by atoms with E-state index in [0.29, 0.717) is 30.8 Å². The second kappa shape index (κ2) is 13.0. The Kier molecular flexibility index (Phi) is 10.4. The molecule has 0 saturated carbocycles. The van der Waals surface area contributed by atoms with Gasteiger partial charge in [-0.25, -0.2) is 0 Å². The van der Waals surface area contributed by atoms with E-state index in [0.717, 1.165) is 63.3 Å². The topological polar surface area (TPSA) is 99.0 Å². The standard InChI is InChI=1S/C23H39N5O3/c1-5-18(6-2)22(30)28-14-9-19(10-15-28)27-23(24-7-3)26-13-8-12-25-21(29)20-17(4)11-16-31-20/h11,16,18-19H,5-10,12-15H2,1-4H3,(H,25,29)(H2,24,26,27). The fraction of sp³-hybridized carbons (Fsp3) is 0.696. The van der Waals surface area contributed by atoms with Crippen molar-refractivity contribution >= 4 is 17.8 Å². The van der Waals surface area contributed by atoms with Gasteiger partial charge in [-0.2, -0.15) is 0 Å². The fourth-order valence-electron chi connectivity index (χ4n) is 3.81. The van der Waals surface area contributed by atoms with E-state index >= 15 is 0 Å². The SMILES string of the molecule is CCNC(=NCCCNC(=O)c1occc1C)NC1CCN(C(=O)C(CC)CC)CC1. The molecule has 1 aliphatic rings. The van der Waals surface area contributed by atoms with Gasteiger partial charge in [0.05, 0.1) is 6.26 Å². The molecule has 174 valence electrons. The maximum Gasteiger partial charge on any atom is 0.287 e. The van der Waals surface area contributed by atoms with Gasteiger partial charge in [0.1, 0.15) is 0 Å². The number of furan rings is 1. The van der Waals surface area contributed by atoms with Crippen molar-refractivity contribution in [3.05, 3.63) is 23.7 Å². The van der Waals surface area contributed by atoms with E-state index in [1.54, 1.807) is 6.07 Å². The lowest BCUT2D eigenvalue weighted by Gasteiger charge is -2.34. The number of rotatable bonds is 10. The molecule has 0 spiro atoms. The van der Waals surface area contributed by atoms with Crippen molar-refractivity contribution in [1.29, 1.82) is 0 Å². The van der Waals surface area contributed by atoms with Gasteiger partial charge >= 0.3 is 0 Å². The van der Waals surface area contributed by atoms with Gasteiger partial charge in [0.15, 0.2) is 11.7 Å². The van der Waals surface area contributed by atoms with Crippen LogP contribution in [0, 0.1) is 12.8 Å². The second-order valence-electron chi connectivity index (χ2n) is 8.06. The van der Waals surface area contributed by atoms with Crippen molar-refractivity contribution in [3.63, 3.8) is 0 Å². The molecule has 0 radical (unpaired) electrons. The highest BCUT2D eigenvalue weighted by Crippen LogP contribution is 2.17. The van der Waals surface area contributed by atoms with Crippen LogP contribution >= 0.6 is 0 Å². The van der Waals surface area contributed by atoms with Crippen molar-refractivity contribution in [3.8, 4) is 0 Å². The van der Waals surface area contributed by atoms with E-state index < -0.39 is 0 Å². The van der Waals surface area contributed by atoms with Crippen LogP contribution in [0.4, 0.5) is 0 Å². The molecule has 8 heteroatoms. The van der Waals surface area contributed by atoms with E-state index in [1.165, 1.54) is 6.26 Å². The summed E-state index contributed by atoms with van der Waals surface area (Å²) >= 11 is 0. The summed E-state index contributed by atoms with van der Waals surface area (Å²) in [4.78, 5) is 31.3. The first-order chi connectivity index (χ1) is 15.0. The first kappa shape index (κ1) is 24.8. The van der Waals surface area contributed by atoms with E-state index in [9.17, 15) is 9.59 Å². The number of amides is 2. The van der Waals surface area contributed by atoms with Crippen LogP contribution in [-0.2, 0) is 4.79 Å². The summed E-state index contributed by atoms with van der Waals surface area (Å²) in [5, 5.41) is 9.65. The summed E-state index contributed by atoms with van der Waals surface area (Å²) in [6.07, 6.45) is 5.93. The highest BCUT2D eigenvalue weighted by molar-refractivity contribution is 5.92. The Balaban J connectivity index is 1.73. The van der Waals surface area contributed by atoms with Gasteiger partial charge in [0.2, 0.25) is 5.91 Å². The van der Waals surface area contributed by atoms with Crippen LogP contribution in [0.15, 0.2) is 21.7 Å². The molecule has 0 unspecified atom stereocenters. The molecule has 2 rings (SSSR count). The number of likely N-dealkylation sites (tertiary alicyclic amines) is 1. The van der Waals surface area contributed by atoms with Crippen LogP contribution < -0.4 is 16.0 Å². The molecule has 2 heterocycles. The maximum atomic E-state index is 12.6. The van der Waals surface area contributed by atoms with E-state index in [-0.39, 0.29) is 11.8 Å². The zero-order valence-electron chi connectivity index (χ0n) is 19.5. The third-order valence-electron chi connectivity index (χ3n) is 5.79. The molecule has 0 aromatic carbocycles. The third-order valence-corrected chi connectivity index (χ3v) is 5.79.